The Balaban J connectivity index is 2.19. The van der Waals surface area contributed by atoms with Crippen molar-refractivity contribution in [3.8, 4) is 0 Å². The second kappa shape index (κ2) is 12.2. The Kier molecular flexibility index (Phi) is 9.96. The molecule has 0 bridgehead atoms. The molecule has 4 nitrogen and oxygen atoms in total. The van der Waals surface area contributed by atoms with Gasteiger partial charge in [-0.3, -0.25) is 9.59 Å². The van der Waals surface area contributed by atoms with E-state index in [1.807, 2.05) is 18.2 Å². The van der Waals surface area contributed by atoms with E-state index < -0.39 is 6.04 Å². The summed E-state index contributed by atoms with van der Waals surface area (Å²) in [5.74, 6) is -0.359. The zero-order valence-corrected chi connectivity index (χ0v) is 19.5. The van der Waals surface area contributed by atoms with Gasteiger partial charge in [-0.1, -0.05) is 72.4 Å². The third kappa shape index (κ3) is 6.90. The minimum Gasteiger partial charge on any atom is -0.354 e. The molecular weight excluding hydrogens is 443 g/mol. The summed E-state index contributed by atoms with van der Waals surface area (Å²) in [6, 6.07) is 12.0. The Hall–Kier alpha value is -1.75. The quantitative estimate of drug-likeness (QED) is 0.440. The van der Waals surface area contributed by atoms with E-state index in [9.17, 15) is 9.59 Å². The van der Waals surface area contributed by atoms with Gasteiger partial charge in [-0.25, -0.2) is 0 Å². The molecule has 2 aromatic carbocycles. The molecule has 0 saturated heterocycles. The van der Waals surface area contributed by atoms with Crippen molar-refractivity contribution in [1.82, 2.24) is 10.2 Å². The second-order valence-corrected chi connectivity index (χ2v) is 8.36. The van der Waals surface area contributed by atoms with Gasteiger partial charge >= 0.3 is 0 Å². The Morgan fingerprint density at radius 1 is 1.00 bits per heavy atom. The molecule has 0 saturated carbocycles. The topological polar surface area (TPSA) is 49.4 Å². The second-order valence-electron chi connectivity index (χ2n) is 7.13. The molecule has 0 aliphatic carbocycles. The molecule has 0 aliphatic heterocycles. The average Bonchev–Trinajstić information content (AvgIpc) is 2.72. The molecule has 1 atom stereocenters. The third-order valence-corrected chi connectivity index (χ3v) is 6.03. The van der Waals surface area contributed by atoms with Crippen LogP contribution in [-0.2, 0) is 22.6 Å². The minimum absolute atomic E-state index is 0.155. The standard InChI is InChI=1S/C23H27Cl3N2O2/c1-3-4-14-27-23(30)16(2)28(15-18-20(25)10-7-11-21(18)26)22(29)13-12-17-8-5-6-9-19(17)24/h5-11,16H,3-4,12-15H2,1-2H3,(H,27,30)/t16-/m1/s1. The van der Waals surface area contributed by atoms with Gasteiger partial charge in [0.1, 0.15) is 6.04 Å². The van der Waals surface area contributed by atoms with Crippen LogP contribution >= 0.6 is 34.8 Å². The Bertz CT molecular complexity index is 853. The summed E-state index contributed by atoms with van der Waals surface area (Å²) in [6.07, 6.45) is 2.56. The molecule has 0 unspecified atom stereocenters. The zero-order chi connectivity index (χ0) is 22.1. The highest BCUT2D eigenvalue weighted by Crippen LogP contribution is 2.27. The van der Waals surface area contributed by atoms with Crippen molar-refractivity contribution in [2.75, 3.05) is 6.54 Å². The number of hydrogen-bond donors (Lipinski definition) is 1. The van der Waals surface area contributed by atoms with Gasteiger partial charge in [0.25, 0.3) is 0 Å². The number of nitrogens with zero attached hydrogens (tertiary/aromatic N) is 1. The zero-order valence-electron chi connectivity index (χ0n) is 17.3. The maximum atomic E-state index is 13.1. The molecule has 0 fully saturated rings. The highest BCUT2D eigenvalue weighted by atomic mass is 35.5. The Morgan fingerprint density at radius 3 is 2.27 bits per heavy atom. The first-order valence-electron chi connectivity index (χ1n) is 10.1. The van der Waals surface area contributed by atoms with Gasteiger partial charge in [-0.2, -0.15) is 0 Å². The maximum Gasteiger partial charge on any atom is 0.242 e. The van der Waals surface area contributed by atoms with Gasteiger partial charge < -0.3 is 10.2 Å². The van der Waals surface area contributed by atoms with Crippen molar-refractivity contribution in [2.24, 2.45) is 0 Å². The molecule has 0 aliphatic rings. The van der Waals surface area contributed by atoms with E-state index in [4.69, 9.17) is 34.8 Å². The highest BCUT2D eigenvalue weighted by Gasteiger charge is 2.27. The van der Waals surface area contributed by atoms with Crippen LogP contribution < -0.4 is 5.32 Å². The van der Waals surface area contributed by atoms with E-state index >= 15 is 0 Å². The monoisotopic (exact) mass is 468 g/mol. The molecule has 2 aromatic rings. The fraction of sp³-hybridized carbons (Fsp3) is 0.391. The lowest BCUT2D eigenvalue weighted by Gasteiger charge is -2.29. The normalized spacial score (nSPS) is 11.8. The fourth-order valence-electron chi connectivity index (χ4n) is 3.06. The summed E-state index contributed by atoms with van der Waals surface area (Å²) >= 11 is 18.9. The number of carbonyl (C=O) groups is 2. The first-order valence-corrected chi connectivity index (χ1v) is 11.2. The first-order chi connectivity index (χ1) is 14.3. The summed E-state index contributed by atoms with van der Waals surface area (Å²) in [5.41, 5.74) is 1.52. The number of halogens is 3. The molecule has 1 N–H and O–H groups in total. The maximum absolute atomic E-state index is 13.1. The van der Waals surface area contributed by atoms with Gasteiger partial charge in [0.05, 0.1) is 0 Å². The molecule has 162 valence electrons. The van der Waals surface area contributed by atoms with Gasteiger partial charge in [0, 0.05) is 40.1 Å². The smallest absolute Gasteiger partial charge is 0.242 e. The Labute approximate surface area is 193 Å². The van der Waals surface area contributed by atoms with Gasteiger partial charge in [0.15, 0.2) is 0 Å². The molecule has 0 radical (unpaired) electrons. The van der Waals surface area contributed by atoms with Gasteiger partial charge in [-0.15, -0.1) is 0 Å². The lowest BCUT2D eigenvalue weighted by atomic mass is 10.1. The van der Waals surface area contributed by atoms with E-state index in [-0.39, 0.29) is 24.8 Å². The molecule has 2 amide bonds. The number of hydrogen-bond acceptors (Lipinski definition) is 2. The van der Waals surface area contributed by atoms with Crippen LogP contribution in [0.4, 0.5) is 0 Å². The van der Waals surface area contributed by atoms with E-state index in [1.54, 1.807) is 31.2 Å². The lowest BCUT2D eigenvalue weighted by Crippen LogP contribution is -2.48. The number of aryl methyl sites for hydroxylation is 1. The molecule has 7 heteroatoms. The van der Waals surface area contributed by atoms with Crippen LogP contribution in [-0.4, -0.2) is 29.3 Å². The van der Waals surface area contributed by atoms with Crippen LogP contribution in [0, 0.1) is 0 Å². The third-order valence-electron chi connectivity index (χ3n) is 4.95. The van der Waals surface area contributed by atoms with Crippen LogP contribution in [0.15, 0.2) is 42.5 Å². The van der Waals surface area contributed by atoms with Crippen molar-refractivity contribution in [2.45, 2.75) is 52.1 Å². The minimum atomic E-state index is -0.659. The van der Waals surface area contributed by atoms with Crippen LogP contribution in [0.1, 0.15) is 44.2 Å². The highest BCUT2D eigenvalue weighted by molar-refractivity contribution is 6.36. The number of rotatable bonds is 10. The Morgan fingerprint density at radius 2 is 1.63 bits per heavy atom. The van der Waals surface area contributed by atoms with Crippen LogP contribution in [0.2, 0.25) is 15.1 Å². The van der Waals surface area contributed by atoms with Crippen molar-refractivity contribution in [1.29, 1.82) is 0 Å². The van der Waals surface area contributed by atoms with Crippen molar-refractivity contribution in [3.05, 3.63) is 68.7 Å². The van der Waals surface area contributed by atoms with Crippen molar-refractivity contribution in [3.63, 3.8) is 0 Å². The van der Waals surface area contributed by atoms with Crippen LogP contribution in [0.25, 0.3) is 0 Å². The van der Waals surface area contributed by atoms with E-state index in [0.717, 1.165) is 18.4 Å². The van der Waals surface area contributed by atoms with Crippen molar-refractivity contribution < 1.29 is 9.59 Å². The predicted octanol–water partition coefficient (Wildman–Crippen LogP) is 5.91. The molecular formula is C23H27Cl3N2O2. The number of amides is 2. The number of carbonyl (C=O) groups excluding carboxylic acids is 2. The predicted molar refractivity (Wildman–Crippen MR) is 124 cm³/mol. The molecule has 30 heavy (non-hydrogen) atoms. The number of unbranched alkanes of at least 4 members (excludes halogenated alkanes) is 1. The largest absolute Gasteiger partial charge is 0.354 e. The summed E-state index contributed by atoms with van der Waals surface area (Å²) in [5, 5.41) is 4.44. The van der Waals surface area contributed by atoms with Gasteiger partial charge in [-0.05, 0) is 43.5 Å². The molecule has 0 spiro atoms. The summed E-state index contributed by atoms with van der Waals surface area (Å²) < 4.78 is 0. The van der Waals surface area contributed by atoms with Crippen LogP contribution in [0.3, 0.4) is 0 Å². The SMILES string of the molecule is CCCCNC(=O)[C@@H](C)N(Cc1c(Cl)cccc1Cl)C(=O)CCc1ccccc1Cl. The summed E-state index contributed by atoms with van der Waals surface area (Å²) in [4.78, 5) is 27.3. The first kappa shape index (κ1) is 24.5. The van der Waals surface area contributed by atoms with E-state index in [0.29, 0.717) is 33.6 Å². The molecule has 0 heterocycles. The summed E-state index contributed by atoms with van der Waals surface area (Å²) in [6.45, 7) is 4.51. The van der Waals surface area contributed by atoms with E-state index in [2.05, 4.69) is 12.2 Å². The fourth-order valence-corrected chi connectivity index (χ4v) is 3.81. The number of nitrogens with one attached hydrogen (secondary N) is 1. The lowest BCUT2D eigenvalue weighted by molar-refractivity contribution is -0.140. The van der Waals surface area contributed by atoms with E-state index in [1.165, 1.54) is 4.90 Å². The van der Waals surface area contributed by atoms with Crippen molar-refractivity contribution >= 4 is 46.6 Å². The molecule has 0 aromatic heterocycles. The number of benzene rings is 2. The molecule has 2 rings (SSSR count). The average molecular weight is 470 g/mol. The van der Waals surface area contributed by atoms with Gasteiger partial charge in [0.2, 0.25) is 11.8 Å². The summed E-state index contributed by atoms with van der Waals surface area (Å²) in [7, 11) is 0. The van der Waals surface area contributed by atoms with Crippen LogP contribution in [0.5, 0.6) is 0 Å².